The summed E-state index contributed by atoms with van der Waals surface area (Å²) < 4.78 is 5.53. The Balaban J connectivity index is 1.26. The molecule has 2 aliphatic heterocycles. The van der Waals surface area contributed by atoms with Crippen LogP contribution in [0.25, 0.3) is 43.1 Å². The van der Waals surface area contributed by atoms with E-state index in [1.54, 1.807) is 48.5 Å². The number of aromatic hydroxyl groups is 1. The van der Waals surface area contributed by atoms with Gasteiger partial charge in [-0.1, -0.05) is 24.3 Å². The molecule has 2 aliphatic rings. The fraction of sp³-hybridized carbons (Fsp3) is 0.0526. The van der Waals surface area contributed by atoms with E-state index in [2.05, 4.69) is 0 Å². The van der Waals surface area contributed by atoms with Gasteiger partial charge in [0.1, 0.15) is 11.5 Å². The topological polar surface area (TPSA) is 104 Å². The van der Waals surface area contributed by atoms with Gasteiger partial charge in [-0.2, -0.15) is 0 Å². The molecule has 0 unspecified atom stereocenters. The van der Waals surface area contributed by atoms with Gasteiger partial charge >= 0.3 is 0 Å². The molecular weight excluding hydrogens is 580 g/mol. The van der Waals surface area contributed by atoms with E-state index >= 15 is 0 Å². The Kier molecular flexibility index (Phi) is 5.18. The molecule has 1 N–H and O–H groups in total. The van der Waals surface area contributed by atoms with Gasteiger partial charge < -0.3 is 9.84 Å². The molecule has 4 amide bonds. The Morgan fingerprint density at radius 3 is 1.17 bits per heavy atom. The lowest BCUT2D eigenvalue weighted by molar-refractivity contribution is 0.0877. The van der Waals surface area contributed by atoms with Gasteiger partial charge in [0, 0.05) is 33.0 Å². The van der Waals surface area contributed by atoms with Gasteiger partial charge in [0.15, 0.2) is 0 Å². The van der Waals surface area contributed by atoms with Crippen LogP contribution in [0.4, 0.5) is 11.4 Å². The summed E-state index contributed by atoms with van der Waals surface area (Å²) in [5.41, 5.74) is 2.46. The third kappa shape index (κ3) is 3.27. The first-order valence-corrected chi connectivity index (χ1v) is 14.9. The van der Waals surface area contributed by atoms with Crippen molar-refractivity contribution < 1.29 is 29.0 Å². The first kappa shape index (κ1) is 26.2. The van der Waals surface area contributed by atoms with Crippen molar-refractivity contribution in [3.8, 4) is 11.5 Å². The molecule has 8 nitrogen and oxygen atoms in total. The number of fused-ring (bicyclic) bond motifs is 2. The molecule has 0 aliphatic carbocycles. The van der Waals surface area contributed by atoms with Gasteiger partial charge in [-0.3, -0.25) is 19.2 Å². The molecule has 0 radical (unpaired) electrons. The van der Waals surface area contributed by atoms with Crippen molar-refractivity contribution in [2.24, 2.45) is 0 Å². The van der Waals surface area contributed by atoms with Crippen LogP contribution in [-0.2, 0) is 0 Å². The molecule has 9 rings (SSSR count). The van der Waals surface area contributed by atoms with Crippen LogP contribution >= 0.6 is 0 Å². The van der Waals surface area contributed by atoms with Gasteiger partial charge in [0.25, 0.3) is 23.6 Å². The second-order valence-electron chi connectivity index (χ2n) is 11.5. The smallest absolute Gasteiger partial charge is 0.265 e. The molecule has 46 heavy (non-hydrogen) atoms. The number of imide groups is 2. The average molecular weight is 603 g/mol. The largest absolute Gasteiger partial charge is 0.508 e. The highest BCUT2D eigenvalue weighted by Gasteiger charge is 2.38. The Hall–Kier alpha value is -6.28. The van der Waals surface area contributed by atoms with Gasteiger partial charge in [0.2, 0.25) is 0 Å². The zero-order chi connectivity index (χ0) is 31.4. The van der Waals surface area contributed by atoms with Crippen LogP contribution in [0.2, 0.25) is 0 Å². The third-order valence-electron chi connectivity index (χ3n) is 9.15. The number of ether oxygens (including phenoxy) is 1. The maximum atomic E-state index is 13.9. The van der Waals surface area contributed by atoms with Crippen LogP contribution in [0, 0.1) is 0 Å². The Morgan fingerprint density at radius 2 is 0.826 bits per heavy atom. The fourth-order valence-corrected chi connectivity index (χ4v) is 7.20. The van der Waals surface area contributed by atoms with E-state index in [4.69, 9.17) is 4.74 Å². The van der Waals surface area contributed by atoms with E-state index < -0.39 is 23.6 Å². The van der Waals surface area contributed by atoms with Crippen molar-refractivity contribution in [2.75, 3.05) is 16.4 Å². The molecular formula is C38H22N2O6. The molecule has 0 saturated heterocycles. The summed E-state index contributed by atoms with van der Waals surface area (Å²) in [6, 6.07) is 27.3. The monoisotopic (exact) mass is 602 g/mol. The number of anilines is 2. The van der Waals surface area contributed by atoms with Crippen LogP contribution in [-0.4, -0.2) is 35.3 Å². The highest BCUT2D eigenvalue weighted by Crippen LogP contribution is 2.47. The number of hydrogen-bond acceptors (Lipinski definition) is 6. The van der Waals surface area contributed by atoms with Gasteiger partial charge in [-0.25, -0.2) is 9.80 Å². The van der Waals surface area contributed by atoms with E-state index in [-0.39, 0.29) is 5.75 Å². The molecule has 0 saturated carbocycles. The number of amides is 4. The summed E-state index contributed by atoms with van der Waals surface area (Å²) in [5.74, 6) is -1.04. The Bertz CT molecular complexity index is 2400. The second kappa shape index (κ2) is 9.12. The van der Waals surface area contributed by atoms with E-state index in [1.807, 2.05) is 31.2 Å². The van der Waals surface area contributed by atoms with E-state index in [0.29, 0.717) is 56.8 Å². The second-order valence-corrected chi connectivity index (χ2v) is 11.5. The van der Waals surface area contributed by atoms with Crippen molar-refractivity contribution in [3.05, 3.63) is 119 Å². The number of phenols is 1. The minimum absolute atomic E-state index is 0.0330. The molecule has 8 heteroatoms. The fourth-order valence-electron chi connectivity index (χ4n) is 7.20. The van der Waals surface area contributed by atoms with Crippen LogP contribution in [0.3, 0.4) is 0 Å². The van der Waals surface area contributed by atoms with Crippen molar-refractivity contribution >= 4 is 78.1 Å². The predicted octanol–water partition coefficient (Wildman–Crippen LogP) is 7.44. The molecule has 0 fully saturated rings. The minimum Gasteiger partial charge on any atom is -0.508 e. The highest BCUT2D eigenvalue weighted by molar-refractivity contribution is 6.45. The van der Waals surface area contributed by atoms with Gasteiger partial charge in [0.05, 0.1) is 18.0 Å². The van der Waals surface area contributed by atoms with Crippen LogP contribution in [0.15, 0.2) is 97.1 Å². The van der Waals surface area contributed by atoms with Crippen LogP contribution < -0.4 is 14.5 Å². The lowest BCUT2D eigenvalue weighted by atomic mass is 9.82. The van der Waals surface area contributed by atoms with Gasteiger partial charge in [-0.05, 0) is 112 Å². The highest BCUT2D eigenvalue weighted by atomic mass is 16.5. The number of carbonyl (C=O) groups excluding carboxylic acids is 4. The number of benzene rings is 7. The van der Waals surface area contributed by atoms with E-state index in [0.717, 1.165) is 37.2 Å². The number of rotatable bonds is 4. The minimum atomic E-state index is -0.450. The first-order chi connectivity index (χ1) is 22.4. The SMILES string of the molecule is CCOc1ccc(N2C(=O)c3ccc4c5ccc6c7c(ccc(c8ccc(c3c48)C2=O)c75)C(=O)N(c2ccc(O)cc2)C6=O)cc1. The summed E-state index contributed by atoms with van der Waals surface area (Å²) in [4.78, 5) is 57.9. The third-order valence-corrected chi connectivity index (χ3v) is 9.15. The lowest BCUT2D eigenvalue weighted by Gasteiger charge is -2.30. The zero-order valence-electron chi connectivity index (χ0n) is 24.3. The summed E-state index contributed by atoms with van der Waals surface area (Å²) in [6.07, 6.45) is 0. The maximum absolute atomic E-state index is 13.9. The molecule has 2 heterocycles. The summed E-state index contributed by atoms with van der Waals surface area (Å²) in [5, 5.41) is 15.8. The van der Waals surface area contributed by atoms with Crippen molar-refractivity contribution in [1.29, 1.82) is 0 Å². The molecule has 0 atom stereocenters. The molecule has 7 aromatic carbocycles. The van der Waals surface area contributed by atoms with Crippen molar-refractivity contribution in [3.63, 3.8) is 0 Å². The van der Waals surface area contributed by atoms with Crippen molar-refractivity contribution in [1.82, 2.24) is 0 Å². The molecule has 0 aromatic heterocycles. The summed E-state index contributed by atoms with van der Waals surface area (Å²) in [7, 11) is 0. The number of carbonyl (C=O) groups is 4. The zero-order valence-corrected chi connectivity index (χ0v) is 24.3. The van der Waals surface area contributed by atoms with E-state index in [1.165, 1.54) is 29.2 Å². The first-order valence-electron chi connectivity index (χ1n) is 14.9. The number of phenolic OH excluding ortho intramolecular Hbond substituents is 1. The Labute approximate surface area is 261 Å². The van der Waals surface area contributed by atoms with Gasteiger partial charge in [-0.15, -0.1) is 0 Å². The van der Waals surface area contributed by atoms with Crippen molar-refractivity contribution in [2.45, 2.75) is 6.92 Å². The Morgan fingerprint density at radius 1 is 0.478 bits per heavy atom. The standard InChI is InChI=1S/C38H22N2O6/c1-2-46-22-9-5-20(6-10-22)40-37(44)29-17-13-25-23-11-15-27-33-28(36(43)39(35(27)42)19-3-7-21(41)8-4-19)16-12-24(31(23)33)26-14-18-30(38(40)45)34(29)32(25)26/h3-18,41H,2H2,1H3. The molecule has 7 aromatic rings. The normalized spacial score (nSPS) is 14.5. The maximum Gasteiger partial charge on any atom is 0.265 e. The summed E-state index contributed by atoms with van der Waals surface area (Å²) in [6.45, 7) is 2.39. The summed E-state index contributed by atoms with van der Waals surface area (Å²) >= 11 is 0. The number of nitrogens with zero attached hydrogens (tertiary/aromatic N) is 2. The van der Waals surface area contributed by atoms with E-state index in [9.17, 15) is 24.3 Å². The predicted molar refractivity (Wildman–Crippen MR) is 176 cm³/mol. The molecule has 220 valence electrons. The molecule has 0 spiro atoms. The lowest BCUT2D eigenvalue weighted by Crippen LogP contribution is -2.40. The van der Waals surface area contributed by atoms with Crippen LogP contribution in [0.1, 0.15) is 48.4 Å². The quantitative estimate of drug-likeness (QED) is 0.128. The average Bonchev–Trinajstić information content (AvgIpc) is 3.07. The number of hydrogen-bond donors (Lipinski definition) is 1. The van der Waals surface area contributed by atoms with Crippen LogP contribution in [0.5, 0.6) is 11.5 Å². The molecule has 0 bridgehead atoms.